The van der Waals surface area contributed by atoms with Crippen LogP contribution >= 0.6 is 12.4 Å². The lowest BCUT2D eigenvalue weighted by Crippen LogP contribution is -2.48. The van der Waals surface area contributed by atoms with Crippen LogP contribution in [0.5, 0.6) is 11.5 Å². The molecule has 5 nitrogen and oxygen atoms in total. The average molecular weight is 405 g/mol. The van der Waals surface area contributed by atoms with Crippen LogP contribution in [0.3, 0.4) is 0 Å². The Bertz CT molecular complexity index is 769. The third-order valence-electron chi connectivity index (χ3n) is 4.95. The molecule has 0 spiro atoms. The summed E-state index contributed by atoms with van der Waals surface area (Å²) in [5, 5.41) is 3.39. The number of hydrogen-bond donors (Lipinski definition) is 1. The second-order valence-corrected chi connectivity index (χ2v) is 6.77. The molecular weight excluding hydrogens is 376 g/mol. The number of halogens is 1. The maximum atomic E-state index is 12.9. The second kappa shape index (κ2) is 10.9. The monoisotopic (exact) mass is 404 g/mol. The summed E-state index contributed by atoms with van der Waals surface area (Å²) in [6.45, 7) is 4.84. The van der Waals surface area contributed by atoms with Crippen LogP contribution in [0.4, 0.5) is 0 Å². The van der Waals surface area contributed by atoms with Crippen LogP contribution in [0.15, 0.2) is 48.5 Å². The normalized spacial score (nSPS) is 16.2. The van der Waals surface area contributed by atoms with Crippen molar-refractivity contribution in [3.63, 3.8) is 0 Å². The van der Waals surface area contributed by atoms with Gasteiger partial charge in [-0.1, -0.05) is 36.4 Å². The van der Waals surface area contributed by atoms with Gasteiger partial charge >= 0.3 is 0 Å². The molecule has 2 aromatic carbocycles. The number of para-hydroxylation sites is 2. The zero-order chi connectivity index (χ0) is 19.1. The quantitative estimate of drug-likeness (QED) is 0.714. The fourth-order valence-corrected chi connectivity index (χ4v) is 3.49. The van der Waals surface area contributed by atoms with Gasteiger partial charge in [0.15, 0.2) is 0 Å². The van der Waals surface area contributed by atoms with Crippen molar-refractivity contribution in [1.29, 1.82) is 0 Å². The molecule has 1 saturated heterocycles. The maximum Gasteiger partial charge on any atom is 0.223 e. The number of methoxy groups -OCH3 is 1. The number of carbonyl (C=O) groups is 1. The number of nitrogens with zero attached hydrogens (tertiary/aromatic N) is 1. The van der Waals surface area contributed by atoms with Gasteiger partial charge in [0.25, 0.3) is 0 Å². The van der Waals surface area contributed by atoms with E-state index in [0.717, 1.165) is 35.7 Å². The number of rotatable bonds is 7. The third-order valence-corrected chi connectivity index (χ3v) is 4.95. The van der Waals surface area contributed by atoms with Crippen molar-refractivity contribution in [2.24, 2.45) is 0 Å². The Labute approximate surface area is 173 Å². The van der Waals surface area contributed by atoms with Gasteiger partial charge in [0.2, 0.25) is 5.91 Å². The van der Waals surface area contributed by atoms with Gasteiger partial charge in [0, 0.05) is 31.6 Å². The second-order valence-electron chi connectivity index (χ2n) is 6.77. The summed E-state index contributed by atoms with van der Waals surface area (Å²) in [5.41, 5.74) is 2.17. The van der Waals surface area contributed by atoms with Gasteiger partial charge < -0.3 is 19.7 Å². The molecule has 3 rings (SSSR count). The Kier molecular flexibility index (Phi) is 8.61. The fraction of sp³-hybridized carbons (Fsp3) is 0.409. The molecule has 152 valence electrons. The van der Waals surface area contributed by atoms with E-state index in [1.807, 2.05) is 60.4 Å². The number of ether oxygens (including phenoxy) is 2. The van der Waals surface area contributed by atoms with Crippen LogP contribution in [0.2, 0.25) is 0 Å². The SMILES string of the molecule is COc1ccccc1C1CNCCN1C(=O)CCCOc1ccccc1C.Cl. The highest BCUT2D eigenvalue weighted by Gasteiger charge is 2.29. The van der Waals surface area contributed by atoms with Gasteiger partial charge in [-0.05, 0) is 31.0 Å². The van der Waals surface area contributed by atoms with E-state index >= 15 is 0 Å². The minimum atomic E-state index is -0.000291. The van der Waals surface area contributed by atoms with E-state index in [1.54, 1.807) is 7.11 Å². The van der Waals surface area contributed by atoms with E-state index in [-0.39, 0.29) is 24.4 Å². The van der Waals surface area contributed by atoms with E-state index in [0.29, 0.717) is 26.0 Å². The van der Waals surface area contributed by atoms with E-state index in [1.165, 1.54) is 0 Å². The smallest absolute Gasteiger partial charge is 0.223 e. The highest BCUT2D eigenvalue weighted by molar-refractivity contribution is 5.85. The standard InChI is InChI=1S/C22H28N2O3.ClH/c1-17-8-3-5-10-20(17)27-15-7-12-22(25)24-14-13-23-16-19(24)18-9-4-6-11-21(18)26-2;/h3-6,8-11,19,23H,7,12-16H2,1-2H3;1H. The first-order valence-corrected chi connectivity index (χ1v) is 9.52. The lowest BCUT2D eigenvalue weighted by molar-refractivity contribution is -0.134. The fourth-order valence-electron chi connectivity index (χ4n) is 3.49. The van der Waals surface area contributed by atoms with E-state index < -0.39 is 0 Å². The predicted molar refractivity (Wildman–Crippen MR) is 113 cm³/mol. The molecule has 1 unspecified atom stereocenters. The van der Waals surface area contributed by atoms with E-state index in [4.69, 9.17) is 9.47 Å². The van der Waals surface area contributed by atoms with Gasteiger partial charge in [0.05, 0.1) is 19.8 Å². The molecule has 2 aromatic rings. The first kappa shape index (κ1) is 22.1. The summed E-state index contributed by atoms with van der Waals surface area (Å²) < 4.78 is 11.3. The highest BCUT2D eigenvalue weighted by Crippen LogP contribution is 2.30. The molecular formula is C22H29ClN2O3. The van der Waals surface area contributed by atoms with Crippen molar-refractivity contribution < 1.29 is 14.3 Å². The molecule has 6 heteroatoms. The van der Waals surface area contributed by atoms with Crippen molar-refractivity contribution >= 4 is 18.3 Å². The number of carbonyl (C=O) groups excluding carboxylic acids is 1. The maximum absolute atomic E-state index is 12.9. The van der Waals surface area contributed by atoms with Crippen molar-refractivity contribution in [2.75, 3.05) is 33.4 Å². The third kappa shape index (κ3) is 5.40. The summed E-state index contributed by atoms with van der Waals surface area (Å²) >= 11 is 0. The summed E-state index contributed by atoms with van der Waals surface area (Å²) in [7, 11) is 1.67. The first-order chi connectivity index (χ1) is 13.2. The summed E-state index contributed by atoms with van der Waals surface area (Å²) in [4.78, 5) is 14.8. The summed E-state index contributed by atoms with van der Waals surface area (Å²) in [5.74, 6) is 1.88. The molecule has 0 aliphatic carbocycles. The van der Waals surface area contributed by atoms with Gasteiger partial charge in [-0.25, -0.2) is 0 Å². The molecule has 0 saturated carbocycles. The first-order valence-electron chi connectivity index (χ1n) is 9.52. The molecule has 0 aromatic heterocycles. The molecule has 0 bridgehead atoms. The number of amides is 1. The van der Waals surface area contributed by atoms with Crippen molar-refractivity contribution in [3.05, 3.63) is 59.7 Å². The zero-order valence-electron chi connectivity index (χ0n) is 16.5. The minimum absolute atomic E-state index is 0. The van der Waals surface area contributed by atoms with E-state index in [9.17, 15) is 4.79 Å². The molecule has 1 atom stereocenters. The molecule has 1 aliphatic heterocycles. The summed E-state index contributed by atoms with van der Waals surface area (Å²) in [6.07, 6.45) is 1.19. The predicted octanol–water partition coefficient (Wildman–Crippen LogP) is 3.76. The molecule has 1 fully saturated rings. The molecule has 0 radical (unpaired) electrons. The molecule has 28 heavy (non-hydrogen) atoms. The Hall–Kier alpha value is -2.24. The lowest BCUT2D eigenvalue weighted by atomic mass is 10.0. The minimum Gasteiger partial charge on any atom is -0.496 e. The molecule has 1 N–H and O–H groups in total. The molecule has 1 aliphatic rings. The van der Waals surface area contributed by atoms with Crippen molar-refractivity contribution in [1.82, 2.24) is 10.2 Å². The number of nitrogens with one attached hydrogen (secondary N) is 1. The van der Waals surface area contributed by atoms with Crippen LogP contribution in [0, 0.1) is 6.92 Å². The number of aryl methyl sites for hydroxylation is 1. The molecule has 1 heterocycles. The number of piperazine rings is 1. The van der Waals surface area contributed by atoms with Gasteiger partial charge in [-0.3, -0.25) is 4.79 Å². The van der Waals surface area contributed by atoms with Gasteiger partial charge in [0.1, 0.15) is 11.5 Å². The van der Waals surface area contributed by atoms with Crippen molar-refractivity contribution in [3.8, 4) is 11.5 Å². The van der Waals surface area contributed by atoms with Crippen LogP contribution in [-0.4, -0.2) is 44.2 Å². The Balaban J connectivity index is 0.00000280. The van der Waals surface area contributed by atoms with Crippen LogP contribution in [0.25, 0.3) is 0 Å². The van der Waals surface area contributed by atoms with Crippen LogP contribution in [0.1, 0.15) is 30.0 Å². The van der Waals surface area contributed by atoms with Crippen LogP contribution < -0.4 is 14.8 Å². The van der Waals surface area contributed by atoms with Crippen LogP contribution in [-0.2, 0) is 4.79 Å². The van der Waals surface area contributed by atoms with E-state index in [2.05, 4.69) is 5.32 Å². The number of benzene rings is 2. The molecule has 1 amide bonds. The highest BCUT2D eigenvalue weighted by atomic mass is 35.5. The lowest BCUT2D eigenvalue weighted by Gasteiger charge is -2.37. The number of hydrogen-bond acceptors (Lipinski definition) is 4. The van der Waals surface area contributed by atoms with Crippen molar-refractivity contribution in [2.45, 2.75) is 25.8 Å². The Morgan fingerprint density at radius 3 is 2.61 bits per heavy atom. The van der Waals surface area contributed by atoms with Gasteiger partial charge in [-0.2, -0.15) is 0 Å². The summed E-state index contributed by atoms with van der Waals surface area (Å²) in [6, 6.07) is 15.9. The average Bonchev–Trinajstić information content (AvgIpc) is 2.72. The largest absolute Gasteiger partial charge is 0.496 e. The zero-order valence-corrected chi connectivity index (χ0v) is 17.3. The Morgan fingerprint density at radius 2 is 1.86 bits per heavy atom. The Morgan fingerprint density at radius 1 is 1.14 bits per heavy atom. The van der Waals surface area contributed by atoms with Gasteiger partial charge in [-0.15, -0.1) is 12.4 Å². The topological polar surface area (TPSA) is 50.8 Å².